The highest BCUT2D eigenvalue weighted by Gasteiger charge is 2.12. The average Bonchev–Trinajstić information content (AvgIpc) is 2.14. The molecule has 0 saturated carbocycles. The third-order valence-electron chi connectivity index (χ3n) is 1.79. The maximum atomic E-state index is 11.9. The van der Waals surface area contributed by atoms with E-state index in [1.165, 1.54) is 18.2 Å². The fourth-order valence-electron chi connectivity index (χ4n) is 1.09. The average molecular weight is 271 g/mol. The van der Waals surface area contributed by atoms with Crippen molar-refractivity contribution in [1.82, 2.24) is 0 Å². The van der Waals surface area contributed by atoms with Crippen LogP contribution in [0.1, 0.15) is 5.56 Å². The predicted molar refractivity (Wildman–Crippen MR) is 55.7 cm³/mol. The Balaban J connectivity index is 2.92. The first-order chi connectivity index (χ1) is 7.30. The van der Waals surface area contributed by atoms with E-state index >= 15 is 0 Å². The second kappa shape index (κ2) is 4.97. The number of hydrogen-bond donors (Lipinski definition) is 0. The first kappa shape index (κ1) is 13.2. The van der Waals surface area contributed by atoms with Crippen LogP contribution in [-0.4, -0.2) is 21.5 Å². The van der Waals surface area contributed by atoms with Crippen molar-refractivity contribution in [1.29, 1.82) is 0 Å². The molecule has 0 aliphatic heterocycles. The van der Waals surface area contributed by atoms with Gasteiger partial charge in [-0.1, -0.05) is 0 Å². The number of rotatable bonds is 4. The van der Waals surface area contributed by atoms with Crippen LogP contribution in [0.4, 0.5) is 8.78 Å². The molecule has 0 aromatic heterocycles. The highest BCUT2D eigenvalue weighted by molar-refractivity contribution is 8.13. The molecule has 0 N–H and O–H groups in total. The molecule has 1 rings (SSSR count). The number of benzene rings is 1. The third kappa shape index (κ3) is 3.61. The quantitative estimate of drug-likeness (QED) is 0.790. The van der Waals surface area contributed by atoms with Crippen LogP contribution < -0.4 is 4.74 Å². The van der Waals surface area contributed by atoms with E-state index in [4.69, 9.17) is 15.4 Å². The van der Waals surface area contributed by atoms with Crippen LogP contribution in [0, 0.1) is 6.92 Å². The highest BCUT2D eigenvalue weighted by Crippen LogP contribution is 2.24. The standard InChI is InChI=1S/C9H9ClF2O3S/c1-6-4-7(16(10,13)14)2-3-8(6)15-5-9(11)12/h2-4,9H,5H2,1H3. The maximum absolute atomic E-state index is 11.9. The molecule has 0 spiro atoms. The summed E-state index contributed by atoms with van der Waals surface area (Å²) in [5, 5.41) is 0. The lowest BCUT2D eigenvalue weighted by Crippen LogP contribution is -2.08. The van der Waals surface area contributed by atoms with Gasteiger partial charge in [0.05, 0.1) is 4.90 Å². The third-order valence-corrected chi connectivity index (χ3v) is 3.14. The summed E-state index contributed by atoms with van der Waals surface area (Å²) in [6.45, 7) is 0.820. The minimum absolute atomic E-state index is 0.0870. The van der Waals surface area contributed by atoms with Crippen molar-refractivity contribution in [3.63, 3.8) is 0 Å². The Kier molecular flexibility index (Phi) is 4.09. The smallest absolute Gasteiger partial charge is 0.272 e. The lowest BCUT2D eigenvalue weighted by molar-refractivity contribution is 0.0815. The minimum Gasteiger partial charge on any atom is -0.487 e. The molecule has 1 aromatic carbocycles. The predicted octanol–water partition coefficient (Wildman–Crippen LogP) is 2.57. The summed E-state index contributed by atoms with van der Waals surface area (Å²) < 4.78 is 50.5. The van der Waals surface area contributed by atoms with Crippen LogP contribution in [-0.2, 0) is 9.05 Å². The molecule has 0 heterocycles. The number of hydrogen-bond acceptors (Lipinski definition) is 3. The van der Waals surface area contributed by atoms with Crippen molar-refractivity contribution in [2.75, 3.05) is 6.61 Å². The summed E-state index contributed by atoms with van der Waals surface area (Å²) in [6.07, 6.45) is -2.57. The van der Waals surface area contributed by atoms with Gasteiger partial charge in [-0.05, 0) is 30.7 Å². The van der Waals surface area contributed by atoms with Gasteiger partial charge in [0.25, 0.3) is 15.5 Å². The Morgan fingerprint density at radius 3 is 2.50 bits per heavy atom. The molecule has 0 aliphatic rings. The van der Waals surface area contributed by atoms with E-state index in [2.05, 4.69) is 0 Å². The molecule has 7 heteroatoms. The maximum Gasteiger partial charge on any atom is 0.272 e. The van der Waals surface area contributed by atoms with E-state index in [1.54, 1.807) is 6.92 Å². The zero-order chi connectivity index (χ0) is 12.3. The molecule has 3 nitrogen and oxygen atoms in total. The van der Waals surface area contributed by atoms with Crippen molar-refractivity contribution in [2.24, 2.45) is 0 Å². The van der Waals surface area contributed by atoms with E-state index in [0.29, 0.717) is 5.56 Å². The van der Waals surface area contributed by atoms with Crippen molar-refractivity contribution in [3.8, 4) is 5.75 Å². The Hall–Kier alpha value is -0.880. The topological polar surface area (TPSA) is 43.4 Å². The summed E-state index contributed by atoms with van der Waals surface area (Å²) in [5.74, 6) is 0.212. The first-order valence-corrected chi connectivity index (χ1v) is 6.58. The molecule has 0 amide bonds. The zero-order valence-corrected chi connectivity index (χ0v) is 9.86. The summed E-state index contributed by atoms with van der Waals surface area (Å²) in [7, 11) is 1.32. The molecular formula is C9H9ClF2O3S. The summed E-state index contributed by atoms with van der Waals surface area (Å²) in [5.41, 5.74) is 0.433. The van der Waals surface area contributed by atoms with Crippen LogP contribution in [0.3, 0.4) is 0 Å². The molecule has 0 aliphatic carbocycles. The number of aryl methyl sites for hydroxylation is 1. The molecule has 0 atom stereocenters. The van der Waals surface area contributed by atoms with E-state index in [-0.39, 0.29) is 10.6 Å². The highest BCUT2D eigenvalue weighted by atomic mass is 35.7. The second-order valence-electron chi connectivity index (χ2n) is 3.07. The van der Waals surface area contributed by atoms with Crippen LogP contribution in [0.2, 0.25) is 0 Å². The van der Waals surface area contributed by atoms with Gasteiger partial charge < -0.3 is 4.74 Å². The van der Waals surface area contributed by atoms with Gasteiger partial charge >= 0.3 is 0 Å². The zero-order valence-electron chi connectivity index (χ0n) is 8.28. The minimum atomic E-state index is -3.80. The molecule has 0 radical (unpaired) electrons. The molecule has 16 heavy (non-hydrogen) atoms. The van der Waals surface area contributed by atoms with Crippen molar-refractivity contribution in [3.05, 3.63) is 23.8 Å². The van der Waals surface area contributed by atoms with Gasteiger partial charge in [-0.2, -0.15) is 0 Å². The van der Waals surface area contributed by atoms with Crippen molar-refractivity contribution in [2.45, 2.75) is 18.2 Å². The lowest BCUT2D eigenvalue weighted by Gasteiger charge is -2.09. The normalized spacial score (nSPS) is 11.8. The molecule has 0 bridgehead atoms. The monoisotopic (exact) mass is 270 g/mol. The van der Waals surface area contributed by atoms with Gasteiger partial charge in [-0.3, -0.25) is 0 Å². The van der Waals surface area contributed by atoms with Crippen LogP contribution >= 0.6 is 10.7 Å². The van der Waals surface area contributed by atoms with Gasteiger partial charge in [0, 0.05) is 10.7 Å². The van der Waals surface area contributed by atoms with E-state index in [9.17, 15) is 17.2 Å². The molecule has 0 fully saturated rings. The molecule has 1 aromatic rings. The van der Waals surface area contributed by atoms with E-state index in [0.717, 1.165) is 0 Å². The van der Waals surface area contributed by atoms with Gasteiger partial charge in [-0.25, -0.2) is 17.2 Å². The SMILES string of the molecule is Cc1cc(S(=O)(=O)Cl)ccc1OCC(F)F. The second-order valence-corrected chi connectivity index (χ2v) is 5.63. The summed E-state index contributed by atoms with van der Waals surface area (Å²) in [6, 6.07) is 3.77. The molecular weight excluding hydrogens is 262 g/mol. The van der Waals surface area contributed by atoms with Crippen molar-refractivity contribution < 1.29 is 21.9 Å². The van der Waals surface area contributed by atoms with Crippen LogP contribution in [0.25, 0.3) is 0 Å². The fourth-order valence-corrected chi connectivity index (χ4v) is 1.92. The van der Waals surface area contributed by atoms with E-state index < -0.39 is 22.1 Å². The Labute approximate surface area is 96.4 Å². The van der Waals surface area contributed by atoms with Crippen LogP contribution in [0.15, 0.2) is 23.1 Å². The molecule has 90 valence electrons. The molecule has 0 unspecified atom stereocenters. The van der Waals surface area contributed by atoms with Crippen LogP contribution in [0.5, 0.6) is 5.75 Å². The Bertz CT molecular complexity index is 474. The number of ether oxygens (including phenoxy) is 1. The van der Waals surface area contributed by atoms with Gasteiger partial charge in [-0.15, -0.1) is 0 Å². The Morgan fingerprint density at radius 2 is 2.06 bits per heavy atom. The summed E-state index contributed by atoms with van der Waals surface area (Å²) >= 11 is 0. The largest absolute Gasteiger partial charge is 0.487 e. The number of alkyl halides is 2. The Morgan fingerprint density at radius 1 is 1.44 bits per heavy atom. The molecule has 0 saturated heterocycles. The lowest BCUT2D eigenvalue weighted by atomic mass is 10.2. The number of halogens is 3. The van der Waals surface area contributed by atoms with E-state index in [1.807, 2.05) is 0 Å². The van der Waals surface area contributed by atoms with Crippen molar-refractivity contribution >= 4 is 19.7 Å². The van der Waals surface area contributed by atoms with Gasteiger partial charge in [0.1, 0.15) is 12.4 Å². The van der Waals surface area contributed by atoms with Gasteiger partial charge in [0.2, 0.25) is 0 Å². The first-order valence-electron chi connectivity index (χ1n) is 4.27. The van der Waals surface area contributed by atoms with Gasteiger partial charge in [0.15, 0.2) is 0 Å². The summed E-state index contributed by atoms with van der Waals surface area (Å²) in [4.78, 5) is -0.0870. The fraction of sp³-hybridized carbons (Fsp3) is 0.333.